The third kappa shape index (κ3) is 3.89. The Labute approximate surface area is 137 Å². The van der Waals surface area contributed by atoms with Gasteiger partial charge in [0.25, 0.3) is 0 Å². The average molecular weight is 374 g/mol. The molecule has 1 unspecified atom stereocenters. The summed E-state index contributed by atoms with van der Waals surface area (Å²) in [5.74, 6) is 0.980. The number of halogens is 3. The Morgan fingerprint density at radius 3 is 2.48 bits per heavy atom. The van der Waals surface area contributed by atoms with Crippen molar-refractivity contribution >= 4 is 27.5 Å². The standard InChI is InChI=1S/C16H15BrClFO2/c1-20-15-6-3-10(8-16(15)21-2)7-13(18)12-9-11(17)4-5-14(12)19/h3-6,8-9,13H,7H2,1-2H3. The van der Waals surface area contributed by atoms with Crippen molar-refractivity contribution in [3.63, 3.8) is 0 Å². The monoisotopic (exact) mass is 372 g/mol. The van der Waals surface area contributed by atoms with Crippen LogP contribution in [0.25, 0.3) is 0 Å². The minimum atomic E-state index is -0.458. The van der Waals surface area contributed by atoms with Gasteiger partial charge in [-0.05, 0) is 42.3 Å². The van der Waals surface area contributed by atoms with E-state index >= 15 is 0 Å². The summed E-state index contributed by atoms with van der Waals surface area (Å²) in [4.78, 5) is 0. The van der Waals surface area contributed by atoms with E-state index < -0.39 is 5.38 Å². The number of methoxy groups -OCH3 is 2. The number of hydrogen-bond acceptors (Lipinski definition) is 2. The lowest BCUT2D eigenvalue weighted by molar-refractivity contribution is 0.354. The summed E-state index contributed by atoms with van der Waals surface area (Å²) in [5, 5.41) is -0.458. The van der Waals surface area contributed by atoms with Gasteiger partial charge in [-0.2, -0.15) is 0 Å². The van der Waals surface area contributed by atoms with Gasteiger partial charge in [-0.25, -0.2) is 4.39 Å². The second-order valence-electron chi connectivity index (χ2n) is 4.53. The third-order valence-corrected chi connectivity index (χ3v) is 4.04. The molecule has 1 atom stereocenters. The molecule has 21 heavy (non-hydrogen) atoms. The van der Waals surface area contributed by atoms with E-state index in [1.807, 2.05) is 18.2 Å². The summed E-state index contributed by atoms with van der Waals surface area (Å²) in [7, 11) is 3.16. The summed E-state index contributed by atoms with van der Waals surface area (Å²) in [5.41, 5.74) is 1.42. The van der Waals surface area contributed by atoms with Gasteiger partial charge in [0.15, 0.2) is 11.5 Å². The average Bonchev–Trinajstić information content (AvgIpc) is 2.49. The molecule has 0 N–H and O–H groups in total. The quantitative estimate of drug-likeness (QED) is 0.677. The fourth-order valence-corrected chi connectivity index (χ4v) is 2.80. The molecule has 0 fully saturated rings. The minimum absolute atomic E-state index is 0.307. The van der Waals surface area contributed by atoms with Crippen molar-refractivity contribution in [3.8, 4) is 11.5 Å². The van der Waals surface area contributed by atoms with E-state index in [4.69, 9.17) is 21.1 Å². The highest BCUT2D eigenvalue weighted by Crippen LogP contribution is 2.33. The first kappa shape index (κ1) is 16.1. The van der Waals surface area contributed by atoms with Gasteiger partial charge in [0.05, 0.1) is 19.6 Å². The fourth-order valence-electron chi connectivity index (χ4n) is 2.08. The number of ether oxygens (including phenoxy) is 2. The zero-order valence-corrected chi connectivity index (χ0v) is 14.0. The SMILES string of the molecule is COc1ccc(CC(Cl)c2cc(Br)ccc2F)cc1OC. The lowest BCUT2D eigenvalue weighted by Crippen LogP contribution is -2.00. The Hall–Kier alpha value is -1.26. The van der Waals surface area contributed by atoms with E-state index in [1.54, 1.807) is 26.4 Å². The van der Waals surface area contributed by atoms with E-state index in [0.717, 1.165) is 10.0 Å². The van der Waals surface area contributed by atoms with Gasteiger partial charge in [-0.3, -0.25) is 0 Å². The Balaban J connectivity index is 2.23. The Morgan fingerprint density at radius 2 is 1.81 bits per heavy atom. The fraction of sp³-hybridized carbons (Fsp3) is 0.250. The maximum Gasteiger partial charge on any atom is 0.160 e. The molecule has 0 aliphatic heterocycles. The molecule has 2 aromatic rings. The number of rotatable bonds is 5. The van der Waals surface area contributed by atoms with Gasteiger partial charge in [0, 0.05) is 10.0 Å². The molecule has 0 amide bonds. The largest absolute Gasteiger partial charge is 0.493 e. The first-order valence-electron chi connectivity index (χ1n) is 6.35. The van der Waals surface area contributed by atoms with Crippen LogP contribution < -0.4 is 9.47 Å². The lowest BCUT2D eigenvalue weighted by atomic mass is 10.0. The molecule has 0 aliphatic carbocycles. The van der Waals surface area contributed by atoms with Crippen LogP contribution in [0.1, 0.15) is 16.5 Å². The van der Waals surface area contributed by atoms with Crippen LogP contribution in [0.15, 0.2) is 40.9 Å². The molecule has 0 radical (unpaired) electrons. The topological polar surface area (TPSA) is 18.5 Å². The molecule has 0 saturated carbocycles. The molecule has 0 saturated heterocycles. The van der Waals surface area contributed by atoms with Crippen LogP contribution in [0.3, 0.4) is 0 Å². The van der Waals surface area contributed by atoms with Gasteiger partial charge in [0.2, 0.25) is 0 Å². The molecule has 0 bridgehead atoms. The Bertz CT molecular complexity index is 634. The van der Waals surface area contributed by atoms with Crippen molar-refractivity contribution in [1.29, 1.82) is 0 Å². The summed E-state index contributed by atoms with van der Waals surface area (Å²) in [6.07, 6.45) is 0.495. The second kappa shape index (κ2) is 7.14. The zero-order chi connectivity index (χ0) is 15.4. The van der Waals surface area contributed by atoms with Crippen LogP contribution in [0.5, 0.6) is 11.5 Å². The summed E-state index contributed by atoms with van der Waals surface area (Å²) in [6, 6.07) is 10.3. The first-order valence-corrected chi connectivity index (χ1v) is 7.58. The third-order valence-electron chi connectivity index (χ3n) is 3.16. The highest BCUT2D eigenvalue weighted by Gasteiger charge is 2.15. The predicted octanol–water partition coefficient (Wildman–Crippen LogP) is 5.13. The number of hydrogen-bond donors (Lipinski definition) is 0. The smallest absolute Gasteiger partial charge is 0.160 e. The second-order valence-corrected chi connectivity index (χ2v) is 5.97. The van der Waals surface area contributed by atoms with Crippen molar-refractivity contribution in [2.24, 2.45) is 0 Å². The Kier molecular flexibility index (Phi) is 5.48. The molecule has 5 heteroatoms. The van der Waals surface area contributed by atoms with Crippen molar-refractivity contribution in [2.45, 2.75) is 11.8 Å². The van der Waals surface area contributed by atoms with Gasteiger partial charge in [0.1, 0.15) is 5.82 Å². The van der Waals surface area contributed by atoms with Crippen LogP contribution in [0, 0.1) is 5.82 Å². The minimum Gasteiger partial charge on any atom is -0.493 e. The van der Waals surface area contributed by atoms with E-state index in [9.17, 15) is 4.39 Å². The highest BCUT2D eigenvalue weighted by atomic mass is 79.9. The molecule has 0 heterocycles. The number of alkyl halides is 1. The van der Waals surface area contributed by atoms with Crippen LogP contribution in [-0.4, -0.2) is 14.2 Å². The lowest BCUT2D eigenvalue weighted by Gasteiger charge is -2.13. The van der Waals surface area contributed by atoms with Crippen LogP contribution in [-0.2, 0) is 6.42 Å². The van der Waals surface area contributed by atoms with Gasteiger partial charge >= 0.3 is 0 Å². The Morgan fingerprint density at radius 1 is 1.10 bits per heavy atom. The van der Waals surface area contributed by atoms with Crippen LogP contribution in [0.4, 0.5) is 4.39 Å². The van der Waals surface area contributed by atoms with Crippen molar-refractivity contribution in [3.05, 3.63) is 57.8 Å². The van der Waals surface area contributed by atoms with Gasteiger partial charge < -0.3 is 9.47 Å². The highest BCUT2D eigenvalue weighted by molar-refractivity contribution is 9.10. The molecular weight excluding hydrogens is 359 g/mol. The summed E-state index contributed by atoms with van der Waals surface area (Å²) >= 11 is 9.68. The van der Waals surface area contributed by atoms with Crippen molar-refractivity contribution < 1.29 is 13.9 Å². The van der Waals surface area contributed by atoms with E-state index in [2.05, 4.69) is 15.9 Å². The normalized spacial score (nSPS) is 12.0. The molecule has 0 spiro atoms. The van der Waals surface area contributed by atoms with Crippen molar-refractivity contribution in [1.82, 2.24) is 0 Å². The maximum atomic E-state index is 13.8. The van der Waals surface area contributed by atoms with Crippen molar-refractivity contribution in [2.75, 3.05) is 14.2 Å². The van der Waals surface area contributed by atoms with E-state index in [1.165, 1.54) is 6.07 Å². The van der Waals surface area contributed by atoms with Gasteiger partial charge in [-0.1, -0.05) is 22.0 Å². The molecule has 112 valence electrons. The van der Waals surface area contributed by atoms with Gasteiger partial charge in [-0.15, -0.1) is 11.6 Å². The maximum absolute atomic E-state index is 13.8. The van der Waals surface area contributed by atoms with E-state index in [-0.39, 0.29) is 5.82 Å². The molecular formula is C16H15BrClFO2. The number of benzene rings is 2. The molecule has 0 aromatic heterocycles. The zero-order valence-electron chi connectivity index (χ0n) is 11.7. The first-order chi connectivity index (χ1) is 10.0. The molecule has 2 rings (SSSR count). The van der Waals surface area contributed by atoms with Crippen LogP contribution >= 0.6 is 27.5 Å². The van der Waals surface area contributed by atoms with E-state index in [0.29, 0.717) is 23.5 Å². The summed E-state index contributed by atoms with van der Waals surface area (Å²) < 4.78 is 25.1. The molecule has 2 nitrogen and oxygen atoms in total. The summed E-state index contributed by atoms with van der Waals surface area (Å²) in [6.45, 7) is 0. The predicted molar refractivity (Wildman–Crippen MR) is 85.9 cm³/mol. The molecule has 0 aliphatic rings. The van der Waals surface area contributed by atoms with Crippen LogP contribution in [0.2, 0.25) is 0 Å². The molecule has 2 aromatic carbocycles.